The number of amides is 1. The van der Waals surface area contributed by atoms with Crippen LogP contribution in [0.4, 0.5) is 5.82 Å². The number of para-hydroxylation sites is 1. The monoisotopic (exact) mass is 396 g/mol. The van der Waals surface area contributed by atoms with Crippen LogP contribution < -0.4 is 9.64 Å². The highest BCUT2D eigenvalue weighted by molar-refractivity contribution is 9.10. The third-order valence-corrected chi connectivity index (χ3v) is 4.08. The number of benzene rings is 2. The van der Waals surface area contributed by atoms with E-state index in [0.29, 0.717) is 23.7 Å². The normalized spacial score (nSPS) is 10.3. The zero-order valence-electron chi connectivity index (χ0n) is 13.7. The highest BCUT2D eigenvalue weighted by atomic mass is 79.9. The molecule has 0 bridgehead atoms. The Morgan fingerprint density at radius 1 is 1.04 bits per heavy atom. The van der Waals surface area contributed by atoms with Crippen molar-refractivity contribution in [3.8, 4) is 11.5 Å². The Bertz CT molecular complexity index is 851. The van der Waals surface area contributed by atoms with Crippen molar-refractivity contribution in [2.45, 2.75) is 6.92 Å². The van der Waals surface area contributed by atoms with E-state index in [4.69, 9.17) is 4.74 Å². The van der Waals surface area contributed by atoms with Crippen LogP contribution in [0.2, 0.25) is 0 Å². The predicted octanol–water partition coefficient (Wildman–Crippen LogP) is 5.30. The average Bonchev–Trinajstić information content (AvgIpc) is 2.65. The maximum absolute atomic E-state index is 12.9. The van der Waals surface area contributed by atoms with Crippen molar-refractivity contribution in [1.29, 1.82) is 0 Å². The summed E-state index contributed by atoms with van der Waals surface area (Å²) in [4.78, 5) is 18.8. The van der Waals surface area contributed by atoms with Gasteiger partial charge in [0.2, 0.25) is 0 Å². The standard InChI is InChI=1S/C20H17BrN2O2/c1-2-23(19-12-11-16(21)14-22-19)20(24)15-7-6-10-18(13-15)25-17-8-4-3-5-9-17/h3-14H,2H2,1H3. The third-order valence-electron chi connectivity index (χ3n) is 3.61. The molecule has 0 spiro atoms. The van der Waals surface area contributed by atoms with Crippen molar-refractivity contribution in [2.75, 3.05) is 11.4 Å². The molecule has 3 rings (SSSR count). The molecule has 0 aliphatic heterocycles. The molecule has 1 aromatic heterocycles. The molecule has 126 valence electrons. The van der Waals surface area contributed by atoms with Crippen LogP contribution in [0.25, 0.3) is 0 Å². The second-order valence-corrected chi connectivity index (χ2v) is 6.24. The van der Waals surface area contributed by atoms with Crippen LogP contribution in [0, 0.1) is 0 Å². The van der Waals surface area contributed by atoms with E-state index >= 15 is 0 Å². The Balaban J connectivity index is 1.83. The van der Waals surface area contributed by atoms with Crippen LogP contribution in [-0.4, -0.2) is 17.4 Å². The summed E-state index contributed by atoms with van der Waals surface area (Å²) in [6.07, 6.45) is 1.68. The molecule has 0 aliphatic rings. The van der Waals surface area contributed by atoms with Gasteiger partial charge in [-0.15, -0.1) is 0 Å². The lowest BCUT2D eigenvalue weighted by Crippen LogP contribution is -2.31. The van der Waals surface area contributed by atoms with Crippen LogP contribution >= 0.6 is 15.9 Å². The molecule has 25 heavy (non-hydrogen) atoms. The van der Waals surface area contributed by atoms with Gasteiger partial charge in [0.25, 0.3) is 5.91 Å². The Labute approximate surface area is 155 Å². The molecular formula is C20H17BrN2O2. The maximum Gasteiger partial charge on any atom is 0.259 e. The van der Waals surface area contributed by atoms with Gasteiger partial charge in [0.1, 0.15) is 17.3 Å². The van der Waals surface area contributed by atoms with Crippen molar-refractivity contribution in [1.82, 2.24) is 4.98 Å². The molecule has 0 aliphatic carbocycles. The summed E-state index contributed by atoms with van der Waals surface area (Å²) in [5.41, 5.74) is 0.556. The summed E-state index contributed by atoms with van der Waals surface area (Å²) < 4.78 is 6.68. The SMILES string of the molecule is CCN(C(=O)c1cccc(Oc2ccccc2)c1)c1ccc(Br)cn1. The lowest BCUT2D eigenvalue weighted by atomic mass is 10.2. The predicted molar refractivity (Wildman–Crippen MR) is 102 cm³/mol. The number of hydrogen-bond donors (Lipinski definition) is 0. The second kappa shape index (κ2) is 7.94. The fourth-order valence-electron chi connectivity index (χ4n) is 2.41. The smallest absolute Gasteiger partial charge is 0.259 e. The summed E-state index contributed by atoms with van der Waals surface area (Å²) in [5, 5.41) is 0. The third kappa shape index (κ3) is 4.25. The lowest BCUT2D eigenvalue weighted by Gasteiger charge is -2.20. The van der Waals surface area contributed by atoms with E-state index in [9.17, 15) is 4.79 Å². The molecule has 5 heteroatoms. The molecule has 4 nitrogen and oxygen atoms in total. The van der Waals surface area contributed by atoms with Crippen LogP contribution in [0.5, 0.6) is 11.5 Å². The summed E-state index contributed by atoms with van der Waals surface area (Å²) in [5.74, 6) is 1.85. The first-order valence-corrected chi connectivity index (χ1v) is 8.73. The molecule has 1 heterocycles. The molecule has 1 amide bonds. The van der Waals surface area contributed by atoms with Crippen LogP contribution in [0.15, 0.2) is 77.4 Å². The Hall–Kier alpha value is -2.66. The highest BCUT2D eigenvalue weighted by Crippen LogP contribution is 2.23. The number of aromatic nitrogens is 1. The number of hydrogen-bond acceptors (Lipinski definition) is 3. The van der Waals surface area contributed by atoms with Gasteiger partial charge in [-0.25, -0.2) is 4.98 Å². The quantitative estimate of drug-likeness (QED) is 0.587. The highest BCUT2D eigenvalue weighted by Gasteiger charge is 2.17. The number of halogens is 1. The molecule has 0 N–H and O–H groups in total. The first kappa shape index (κ1) is 17.2. The molecule has 0 saturated carbocycles. The fourth-order valence-corrected chi connectivity index (χ4v) is 2.64. The molecule has 2 aromatic carbocycles. The van der Waals surface area contributed by atoms with Gasteiger partial charge in [0.05, 0.1) is 0 Å². The number of rotatable bonds is 5. The maximum atomic E-state index is 12.9. The largest absolute Gasteiger partial charge is 0.457 e. The van der Waals surface area contributed by atoms with Crippen molar-refractivity contribution in [3.63, 3.8) is 0 Å². The number of anilines is 1. The molecule has 0 unspecified atom stereocenters. The van der Waals surface area contributed by atoms with Crippen LogP contribution in [0.1, 0.15) is 17.3 Å². The van der Waals surface area contributed by atoms with Gasteiger partial charge in [-0.2, -0.15) is 0 Å². The lowest BCUT2D eigenvalue weighted by molar-refractivity contribution is 0.0987. The molecule has 0 atom stereocenters. The van der Waals surface area contributed by atoms with E-state index in [2.05, 4.69) is 20.9 Å². The summed E-state index contributed by atoms with van der Waals surface area (Å²) >= 11 is 3.36. The Kier molecular flexibility index (Phi) is 5.46. The van der Waals surface area contributed by atoms with E-state index < -0.39 is 0 Å². The summed E-state index contributed by atoms with van der Waals surface area (Å²) in [7, 11) is 0. The minimum absolute atomic E-state index is 0.115. The van der Waals surface area contributed by atoms with Crippen molar-refractivity contribution < 1.29 is 9.53 Å². The van der Waals surface area contributed by atoms with Gasteiger partial charge >= 0.3 is 0 Å². The average molecular weight is 397 g/mol. The van der Waals surface area contributed by atoms with Gasteiger partial charge in [0, 0.05) is 22.8 Å². The molecule has 0 fully saturated rings. The summed E-state index contributed by atoms with van der Waals surface area (Å²) in [6.45, 7) is 2.45. The molecule has 0 saturated heterocycles. The molecule has 0 radical (unpaired) electrons. The fraction of sp³-hybridized carbons (Fsp3) is 0.100. The van der Waals surface area contributed by atoms with E-state index in [1.54, 1.807) is 23.2 Å². The minimum atomic E-state index is -0.115. The van der Waals surface area contributed by atoms with E-state index in [1.165, 1.54) is 0 Å². The second-order valence-electron chi connectivity index (χ2n) is 5.33. The number of nitrogens with zero attached hydrogens (tertiary/aromatic N) is 2. The summed E-state index contributed by atoms with van der Waals surface area (Å²) in [6, 6.07) is 20.3. The molecule has 3 aromatic rings. The van der Waals surface area contributed by atoms with E-state index in [1.807, 2.05) is 61.5 Å². The van der Waals surface area contributed by atoms with Crippen LogP contribution in [0.3, 0.4) is 0 Å². The Morgan fingerprint density at radius 2 is 1.80 bits per heavy atom. The Morgan fingerprint density at radius 3 is 2.48 bits per heavy atom. The number of carbonyl (C=O) groups is 1. The topological polar surface area (TPSA) is 42.4 Å². The van der Waals surface area contributed by atoms with Gasteiger partial charge in [0.15, 0.2) is 0 Å². The number of pyridine rings is 1. The van der Waals surface area contributed by atoms with Crippen molar-refractivity contribution >= 4 is 27.7 Å². The van der Waals surface area contributed by atoms with Gasteiger partial charge in [-0.05, 0) is 65.3 Å². The van der Waals surface area contributed by atoms with Gasteiger partial charge in [-0.3, -0.25) is 9.69 Å². The van der Waals surface area contributed by atoms with Crippen molar-refractivity contribution in [3.05, 3.63) is 83.0 Å². The zero-order chi connectivity index (χ0) is 17.6. The van der Waals surface area contributed by atoms with E-state index in [0.717, 1.165) is 10.2 Å². The zero-order valence-corrected chi connectivity index (χ0v) is 15.3. The number of ether oxygens (including phenoxy) is 1. The number of carbonyl (C=O) groups excluding carboxylic acids is 1. The van der Waals surface area contributed by atoms with Gasteiger partial charge in [-0.1, -0.05) is 24.3 Å². The first-order chi connectivity index (χ1) is 12.2. The van der Waals surface area contributed by atoms with E-state index in [-0.39, 0.29) is 5.91 Å². The van der Waals surface area contributed by atoms with Crippen molar-refractivity contribution in [2.24, 2.45) is 0 Å². The van der Waals surface area contributed by atoms with Crippen LogP contribution in [-0.2, 0) is 0 Å². The molecular weight excluding hydrogens is 380 g/mol. The van der Waals surface area contributed by atoms with Gasteiger partial charge < -0.3 is 4.74 Å². The minimum Gasteiger partial charge on any atom is -0.457 e. The first-order valence-electron chi connectivity index (χ1n) is 7.94.